The third kappa shape index (κ3) is 1.10. The van der Waals surface area contributed by atoms with Gasteiger partial charge in [-0.2, -0.15) is 0 Å². The summed E-state index contributed by atoms with van der Waals surface area (Å²) in [6.07, 6.45) is 1.63. The Morgan fingerprint density at radius 1 is 1.67 bits per heavy atom. The lowest BCUT2D eigenvalue weighted by Crippen LogP contribution is -2.35. The molecule has 0 bridgehead atoms. The van der Waals surface area contributed by atoms with Crippen LogP contribution in [0.25, 0.3) is 0 Å². The number of urea groups is 1. The summed E-state index contributed by atoms with van der Waals surface area (Å²) in [5.74, 6) is 0. The van der Waals surface area contributed by atoms with Gasteiger partial charge in [0.25, 0.3) is 0 Å². The standard InChI is InChI=1S/C6H8N2O/c1-4-3-7-6(9)8-5(4)2/h3H,2H2,1H3,(H2,7,8,9). The fourth-order valence-electron chi connectivity index (χ4n) is 0.533. The molecule has 2 N–H and O–H groups in total. The van der Waals surface area contributed by atoms with Crippen molar-refractivity contribution < 1.29 is 4.79 Å². The molecule has 1 heterocycles. The predicted octanol–water partition coefficient (Wildman–Crippen LogP) is 0.717. The third-order valence-corrected chi connectivity index (χ3v) is 1.16. The minimum absolute atomic E-state index is 0.217. The average molecular weight is 124 g/mol. The first kappa shape index (κ1) is 5.88. The molecule has 0 aromatic heterocycles. The first-order chi connectivity index (χ1) is 4.20. The lowest BCUT2D eigenvalue weighted by Gasteiger charge is -2.13. The lowest BCUT2D eigenvalue weighted by atomic mass is 10.2. The van der Waals surface area contributed by atoms with Gasteiger partial charge in [-0.3, -0.25) is 0 Å². The first-order valence-corrected chi connectivity index (χ1v) is 2.64. The topological polar surface area (TPSA) is 41.1 Å². The van der Waals surface area contributed by atoms with Crippen LogP contribution in [0.2, 0.25) is 0 Å². The maximum Gasteiger partial charge on any atom is 0.323 e. The average Bonchev–Trinajstić information content (AvgIpc) is 1.80. The Kier molecular flexibility index (Phi) is 1.26. The van der Waals surface area contributed by atoms with Crippen LogP contribution < -0.4 is 10.6 Å². The van der Waals surface area contributed by atoms with Gasteiger partial charge in [0.2, 0.25) is 0 Å². The maximum atomic E-state index is 10.5. The van der Waals surface area contributed by atoms with Gasteiger partial charge in [-0.25, -0.2) is 4.79 Å². The Morgan fingerprint density at radius 2 is 2.33 bits per heavy atom. The second-order valence-electron chi connectivity index (χ2n) is 1.90. The first-order valence-electron chi connectivity index (χ1n) is 2.64. The van der Waals surface area contributed by atoms with E-state index in [1.807, 2.05) is 6.92 Å². The highest BCUT2D eigenvalue weighted by Gasteiger charge is 2.06. The summed E-state index contributed by atoms with van der Waals surface area (Å²) < 4.78 is 0. The van der Waals surface area contributed by atoms with Gasteiger partial charge in [0, 0.05) is 11.9 Å². The van der Waals surface area contributed by atoms with E-state index in [1.54, 1.807) is 6.20 Å². The molecule has 1 aliphatic heterocycles. The van der Waals surface area contributed by atoms with E-state index in [2.05, 4.69) is 17.2 Å². The molecular formula is C6H8N2O. The van der Waals surface area contributed by atoms with Crippen LogP contribution in [0.4, 0.5) is 4.79 Å². The largest absolute Gasteiger partial charge is 0.323 e. The van der Waals surface area contributed by atoms with Crippen molar-refractivity contribution in [1.82, 2.24) is 10.6 Å². The molecule has 9 heavy (non-hydrogen) atoms. The molecular weight excluding hydrogens is 116 g/mol. The van der Waals surface area contributed by atoms with Gasteiger partial charge in [-0.1, -0.05) is 6.58 Å². The minimum Gasteiger partial charge on any atom is -0.314 e. The number of hydrogen-bond acceptors (Lipinski definition) is 1. The van der Waals surface area contributed by atoms with Gasteiger partial charge in [0.15, 0.2) is 0 Å². The number of nitrogens with one attached hydrogen (secondary N) is 2. The summed E-state index contributed by atoms with van der Waals surface area (Å²) in [5, 5.41) is 5.01. The molecule has 0 aromatic rings. The van der Waals surface area contributed by atoms with Crippen molar-refractivity contribution in [2.24, 2.45) is 0 Å². The normalized spacial score (nSPS) is 18.1. The van der Waals surface area contributed by atoms with Gasteiger partial charge in [-0.15, -0.1) is 0 Å². The van der Waals surface area contributed by atoms with E-state index in [-0.39, 0.29) is 6.03 Å². The van der Waals surface area contributed by atoms with Crippen molar-refractivity contribution in [3.8, 4) is 0 Å². The fourth-order valence-corrected chi connectivity index (χ4v) is 0.533. The molecule has 0 unspecified atom stereocenters. The highest BCUT2D eigenvalue weighted by Crippen LogP contribution is 2.03. The zero-order valence-electron chi connectivity index (χ0n) is 5.19. The molecule has 0 aromatic carbocycles. The molecule has 0 saturated carbocycles. The summed E-state index contributed by atoms with van der Waals surface area (Å²) in [5.41, 5.74) is 1.62. The monoisotopic (exact) mass is 124 g/mol. The second kappa shape index (κ2) is 1.93. The smallest absolute Gasteiger partial charge is 0.314 e. The van der Waals surface area contributed by atoms with Crippen LogP contribution in [-0.4, -0.2) is 6.03 Å². The molecule has 3 nitrogen and oxygen atoms in total. The predicted molar refractivity (Wildman–Crippen MR) is 34.6 cm³/mol. The van der Waals surface area contributed by atoms with Crippen LogP contribution >= 0.6 is 0 Å². The van der Waals surface area contributed by atoms with Crippen molar-refractivity contribution in [3.05, 3.63) is 24.0 Å². The maximum absolute atomic E-state index is 10.5. The van der Waals surface area contributed by atoms with Crippen LogP contribution in [0.15, 0.2) is 24.0 Å². The molecule has 3 heteroatoms. The van der Waals surface area contributed by atoms with E-state index in [0.717, 1.165) is 5.57 Å². The molecule has 0 radical (unpaired) electrons. The van der Waals surface area contributed by atoms with Crippen LogP contribution in [0, 0.1) is 0 Å². The summed E-state index contributed by atoms with van der Waals surface area (Å²) in [7, 11) is 0. The zero-order chi connectivity index (χ0) is 6.85. The van der Waals surface area contributed by atoms with Crippen LogP contribution in [0.1, 0.15) is 6.92 Å². The summed E-state index contributed by atoms with van der Waals surface area (Å²) in [4.78, 5) is 10.5. The van der Waals surface area contributed by atoms with Crippen LogP contribution in [0.5, 0.6) is 0 Å². The minimum atomic E-state index is -0.217. The highest BCUT2D eigenvalue weighted by atomic mass is 16.2. The van der Waals surface area contributed by atoms with Gasteiger partial charge < -0.3 is 10.6 Å². The number of carbonyl (C=O) groups excluding carboxylic acids is 1. The number of carbonyl (C=O) groups is 1. The quantitative estimate of drug-likeness (QED) is 0.490. The molecule has 0 fully saturated rings. The van der Waals surface area contributed by atoms with Crippen molar-refractivity contribution in [1.29, 1.82) is 0 Å². The van der Waals surface area contributed by atoms with E-state index in [4.69, 9.17) is 0 Å². The van der Waals surface area contributed by atoms with Gasteiger partial charge in [0.05, 0.1) is 0 Å². The second-order valence-corrected chi connectivity index (χ2v) is 1.90. The summed E-state index contributed by atoms with van der Waals surface area (Å²) >= 11 is 0. The SMILES string of the molecule is C=C1NC(=O)NC=C1C. The Balaban J connectivity index is 2.79. The molecule has 48 valence electrons. The summed E-state index contributed by atoms with van der Waals surface area (Å²) in [6, 6.07) is -0.217. The Hall–Kier alpha value is -1.25. The zero-order valence-corrected chi connectivity index (χ0v) is 5.19. The lowest BCUT2D eigenvalue weighted by molar-refractivity contribution is 0.245. The molecule has 0 spiro atoms. The number of allylic oxidation sites excluding steroid dienone is 1. The molecule has 0 saturated heterocycles. The Bertz CT molecular complexity index is 193. The van der Waals surface area contributed by atoms with Gasteiger partial charge in [-0.05, 0) is 12.5 Å². The van der Waals surface area contributed by atoms with Crippen molar-refractivity contribution in [3.63, 3.8) is 0 Å². The van der Waals surface area contributed by atoms with Crippen molar-refractivity contribution in [2.45, 2.75) is 6.92 Å². The Labute approximate surface area is 53.4 Å². The van der Waals surface area contributed by atoms with Gasteiger partial charge in [0.1, 0.15) is 0 Å². The Morgan fingerprint density at radius 3 is 2.78 bits per heavy atom. The van der Waals surface area contributed by atoms with Crippen molar-refractivity contribution >= 4 is 6.03 Å². The van der Waals surface area contributed by atoms with Crippen LogP contribution in [0.3, 0.4) is 0 Å². The number of amides is 2. The molecule has 0 atom stereocenters. The molecule has 2 amide bonds. The van der Waals surface area contributed by atoms with Crippen LogP contribution in [-0.2, 0) is 0 Å². The van der Waals surface area contributed by atoms with E-state index in [9.17, 15) is 4.79 Å². The van der Waals surface area contributed by atoms with Gasteiger partial charge >= 0.3 is 6.03 Å². The molecule has 0 aliphatic carbocycles. The van der Waals surface area contributed by atoms with E-state index < -0.39 is 0 Å². The number of rotatable bonds is 0. The van der Waals surface area contributed by atoms with Crippen molar-refractivity contribution in [2.75, 3.05) is 0 Å². The van der Waals surface area contributed by atoms with E-state index in [0.29, 0.717) is 5.70 Å². The van der Waals surface area contributed by atoms with E-state index >= 15 is 0 Å². The molecule has 1 aliphatic rings. The summed E-state index contributed by atoms with van der Waals surface area (Å²) in [6.45, 7) is 5.48. The highest BCUT2D eigenvalue weighted by molar-refractivity contribution is 5.79. The molecule has 1 rings (SSSR count). The fraction of sp³-hybridized carbons (Fsp3) is 0.167. The van der Waals surface area contributed by atoms with E-state index in [1.165, 1.54) is 0 Å². The third-order valence-electron chi connectivity index (χ3n) is 1.16. The number of hydrogen-bond donors (Lipinski definition) is 2.